The van der Waals surface area contributed by atoms with Crippen molar-refractivity contribution in [3.8, 4) is 0 Å². The van der Waals surface area contributed by atoms with Crippen molar-refractivity contribution in [3.05, 3.63) is 5.82 Å². The summed E-state index contributed by atoms with van der Waals surface area (Å²) in [4.78, 5) is 14.5. The predicted octanol–water partition coefficient (Wildman–Crippen LogP) is 3.63. The van der Waals surface area contributed by atoms with Crippen LogP contribution in [-0.4, -0.2) is 55.3 Å². The van der Waals surface area contributed by atoms with E-state index < -0.39 is 0 Å². The van der Waals surface area contributed by atoms with E-state index >= 15 is 0 Å². The predicted molar refractivity (Wildman–Crippen MR) is 111 cm³/mol. The highest BCUT2D eigenvalue weighted by molar-refractivity contribution is 7.80. The van der Waals surface area contributed by atoms with Crippen LogP contribution in [-0.2, 0) is 16.0 Å². The summed E-state index contributed by atoms with van der Waals surface area (Å²) in [6.07, 6.45) is 13.0. The molecule has 1 heterocycles. The number of carbonyl (C=O) groups excluding carboxylic acids is 1. The Kier molecular flexibility index (Phi) is 7.76. The van der Waals surface area contributed by atoms with Gasteiger partial charge in [-0.05, 0) is 61.8 Å². The van der Waals surface area contributed by atoms with Gasteiger partial charge in [0.25, 0.3) is 0 Å². The van der Waals surface area contributed by atoms with Gasteiger partial charge in [-0.3, -0.25) is 4.79 Å². The minimum atomic E-state index is -0.194. The number of tetrazole rings is 1. The van der Waals surface area contributed by atoms with Gasteiger partial charge >= 0.3 is 5.97 Å². The highest BCUT2D eigenvalue weighted by Crippen LogP contribution is 2.30. The average molecular weight is 408 g/mol. The van der Waals surface area contributed by atoms with Gasteiger partial charge in [0, 0.05) is 26.4 Å². The lowest BCUT2D eigenvalue weighted by molar-refractivity contribution is -0.148. The summed E-state index contributed by atoms with van der Waals surface area (Å²) in [5, 5.41) is 12.4. The molecule has 1 aromatic heterocycles. The highest BCUT2D eigenvalue weighted by Gasteiger charge is 2.26. The molecule has 156 valence electrons. The number of ether oxygens (including phenoxy) is 1. The molecule has 1 aromatic rings. The lowest BCUT2D eigenvalue weighted by atomic mass is 9.93. The van der Waals surface area contributed by atoms with E-state index in [0.717, 1.165) is 55.8 Å². The topological polar surface area (TPSA) is 73.1 Å². The van der Waals surface area contributed by atoms with Gasteiger partial charge in [-0.2, -0.15) is 0 Å². The Bertz CT molecular complexity index is 651. The van der Waals surface area contributed by atoms with Crippen LogP contribution in [0.4, 0.5) is 0 Å². The molecule has 7 nitrogen and oxygen atoms in total. The molecule has 8 heteroatoms. The van der Waals surface area contributed by atoms with E-state index in [0.29, 0.717) is 12.1 Å². The number of hydrogen-bond acceptors (Lipinski definition) is 6. The number of aromatic nitrogens is 4. The molecule has 2 aliphatic carbocycles. The number of carbonyl (C=O) groups is 1. The Morgan fingerprint density at radius 1 is 1.18 bits per heavy atom. The molecule has 2 saturated carbocycles. The zero-order chi connectivity index (χ0) is 19.9. The van der Waals surface area contributed by atoms with Gasteiger partial charge in [-0.1, -0.05) is 31.5 Å². The van der Waals surface area contributed by atoms with E-state index in [4.69, 9.17) is 17.0 Å². The molecular weight excluding hydrogens is 374 g/mol. The van der Waals surface area contributed by atoms with Crippen molar-refractivity contribution < 1.29 is 9.53 Å². The van der Waals surface area contributed by atoms with Crippen molar-refractivity contribution >= 4 is 23.2 Å². The number of thiocarbonyl (C=S) groups is 1. The molecule has 0 bridgehead atoms. The van der Waals surface area contributed by atoms with Crippen LogP contribution in [0.1, 0.15) is 89.4 Å². The Labute approximate surface area is 173 Å². The maximum absolute atomic E-state index is 11.1. The first kappa shape index (κ1) is 21.1. The van der Waals surface area contributed by atoms with Crippen LogP contribution in [0.5, 0.6) is 0 Å². The van der Waals surface area contributed by atoms with E-state index in [1.807, 2.05) is 4.68 Å². The number of nitrogens with zero attached hydrogens (tertiary/aromatic N) is 5. The highest BCUT2D eigenvalue weighted by atomic mass is 32.1. The van der Waals surface area contributed by atoms with Crippen LogP contribution >= 0.6 is 12.2 Å². The van der Waals surface area contributed by atoms with Crippen LogP contribution in [0.3, 0.4) is 0 Å². The Balaban J connectivity index is 1.44. The zero-order valence-corrected chi connectivity index (χ0v) is 18.0. The standard InChI is InChI=1S/C20H33N5O2S/c1-15(26)27-18-13-11-17(12-14-18)25-19(21-22-23-25)9-6-10-20(28)24(2)16-7-4-3-5-8-16/h16-18H,3-14H2,1-2H3. The van der Waals surface area contributed by atoms with Crippen molar-refractivity contribution in [2.75, 3.05) is 7.05 Å². The zero-order valence-electron chi connectivity index (χ0n) is 17.2. The second-order valence-electron chi connectivity index (χ2n) is 8.23. The number of rotatable bonds is 7. The van der Waals surface area contributed by atoms with Crippen molar-refractivity contribution in [1.29, 1.82) is 0 Å². The Hall–Kier alpha value is -1.57. The molecule has 2 aliphatic rings. The first-order valence-electron chi connectivity index (χ1n) is 10.7. The smallest absolute Gasteiger partial charge is 0.302 e. The summed E-state index contributed by atoms with van der Waals surface area (Å²) >= 11 is 5.68. The summed E-state index contributed by atoms with van der Waals surface area (Å²) in [6.45, 7) is 1.47. The van der Waals surface area contributed by atoms with Gasteiger partial charge in [-0.25, -0.2) is 4.68 Å². The van der Waals surface area contributed by atoms with Crippen molar-refractivity contribution in [3.63, 3.8) is 0 Å². The first-order valence-corrected chi connectivity index (χ1v) is 11.1. The molecule has 0 unspecified atom stereocenters. The third-order valence-corrected chi connectivity index (χ3v) is 6.68. The molecule has 0 N–H and O–H groups in total. The van der Waals surface area contributed by atoms with E-state index in [9.17, 15) is 4.79 Å². The van der Waals surface area contributed by atoms with E-state index in [-0.39, 0.29) is 12.1 Å². The van der Waals surface area contributed by atoms with E-state index in [1.54, 1.807) is 0 Å². The monoisotopic (exact) mass is 407 g/mol. The van der Waals surface area contributed by atoms with Gasteiger partial charge in [0.05, 0.1) is 11.0 Å². The summed E-state index contributed by atoms with van der Waals surface area (Å²) in [6, 6.07) is 0.924. The Morgan fingerprint density at radius 3 is 2.57 bits per heavy atom. The lowest BCUT2D eigenvalue weighted by Crippen LogP contribution is -2.37. The number of esters is 1. The SMILES string of the molecule is CC(=O)OC1CCC(n2nnnc2CCCC(=S)N(C)C2CCCCC2)CC1. The third-order valence-electron chi connectivity index (χ3n) is 6.19. The fourth-order valence-corrected chi connectivity index (χ4v) is 4.84. The van der Waals surface area contributed by atoms with Gasteiger partial charge in [0.15, 0.2) is 5.82 Å². The summed E-state index contributed by atoms with van der Waals surface area (Å²) in [5.74, 6) is 0.750. The summed E-state index contributed by atoms with van der Waals surface area (Å²) in [5.41, 5.74) is 0. The maximum atomic E-state index is 11.1. The van der Waals surface area contributed by atoms with E-state index in [1.165, 1.54) is 39.0 Å². The van der Waals surface area contributed by atoms with Gasteiger partial charge in [-0.15, -0.1) is 5.10 Å². The van der Waals surface area contributed by atoms with Gasteiger partial charge in [0.2, 0.25) is 0 Å². The second-order valence-corrected chi connectivity index (χ2v) is 8.70. The fourth-order valence-electron chi connectivity index (χ4n) is 4.55. The van der Waals surface area contributed by atoms with Crippen LogP contribution in [0.25, 0.3) is 0 Å². The third kappa shape index (κ3) is 5.72. The minimum Gasteiger partial charge on any atom is -0.463 e. The number of hydrogen-bond donors (Lipinski definition) is 0. The van der Waals surface area contributed by atoms with Crippen molar-refractivity contribution in [2.24, 2.45) is 0 Å². The molecule has 28 heavy (non-hydrogen) atoms. The van der Waals surface area contributed by atoms with Crippen LogP contribution in [0, 0.1) is 0 Å². The van der Waals surface area contributed by atoms with E-state index in [2.05, 4.69) is 27.5 Å². The Morgan fingerprint density at radius 2 is 1.89 bits per heavy atom. The largest absolute Gasteiger partial charge is 0.463 e. The fraction of sp³-hybridized carbons (Fsp3) is 0.850. The molecule has 0 aromatic carbocycles. The quantitative estimate of drug-likeness (QED) is 0.505. The second kappa shape index (κ2) is 10.3. The van der Waals surface area contributed by atoms with Gasteiger partial charge in [0.1, 0.15) is 6.10 Å². The molecule has 3 rings (SSSR count). The molecular formula is C20H33N5O2S. The number of aryl methyl sites for hydroxylation is 1. The average Bonchev–Trinajstić information content (AvgIpc) is 3.16. The molecule has 0 atom stereocenters. The normalized spacial score (nSPS) is 23.4. The molecule has 2 fully saturated rings. The van der Waals surface area contributed by atoms with Crippen molar-refractivity contribution in [2.45, 2.75) is 102 Å². The van der Waals surface area contributed by atoms with Crippen LogP contribution in [0.15, 0.2) is 0 Å². The molecule has 0 saturated heterocycles. The first-order chi connectivity index (χ1) is 13.5. The molecule has 0 aliphatic heterocycles. The summed E-state index contributed by atoms with van der Waals surface area (Å²) < 4.78 is 7.32. The van der Waals surface area contributed by atoms with Crippen LogP contribution in [0.2, 0.25) is 0 Å². The van der Waals surface area contributed by atoms with Gasteiger partial charge < -0.3 is 9.64 Å². The molecule has 0 radical (unpaired) electrons. The summed E-state index contributed by atoms with van der Waals surface area (Å²) in [7, 11) is 2.16. The lowest BCUT2D eigenvalue weighted by Gasteiger charge is -2.33. The molecule has 0 spiro atoms. The maximum Gasteiger partial charge on any atom is 0.302 e. The van der Waals surface area contributed by atoms with Crippen LogP contribution < -0.4 is 0 Å². The molecule has 0 amide bonds. The minimum absolute atomic E-state index is 0.0429. The van der Waals surface area contributed by atoms with Crippen molar-refractivity contribution in [1.82, 2.24) is 25.1 Å².